The van der Waals surface area contributed by atoms with Crippen LogP contribution in [-0.2, 0) is 16.6 Å². The first-order valence-corrected chi connectivity index (χ1v) is 10.7. The summed E-state index contributed by atoms with van der Waals surface area (Å²) in [4.78, 5) is 26.4. The molecular weight excluding hydrogens is 507 g/mol. The topological polar surface area (TPSA) is 54.4 Å². The van der Waals surface area contributed by atoms with Crippen LogP contribution in [-0.4, -0.2) is 22.8 Å². The molecule has 0 aliphatic heterocycles. The summed E-state index contributed by atoms with van der Waals surface area (Å²) in [5.74, 6) is -0.448. The summed E-state index contributed by atoms with van der Waals surface area (Å²) in [6.07, 6.45) is 0.665. The van der Waals surface area contributed by atoms with E-state index in [2.05, 4.69) is 38.5 Å². The van der Waals surface area contributed by atoms with Gasteiger partial charge in [0.15, 0.2) is 5.78 Å². The van der Waals surface area contributed by atoms with Crippen molar-refractivity contribution in [2.75, 3.05) is 0 Å². The van der Waals surface area contributed by atoms with E-state index in [1.165, 1.54) is 0 Å². The Hall–Kier alpha value is -1.05. The zero-order valence-electron chi connectivity index (χ0n) is 13.8. The van der Waals surface area contributed by atoms with Gasteiger partial charge in [0.2, 0.25) is 0 Å². The van der Waals surface area contributed by atoms with E-state index >= 15 is 0 Å². The van der Waals surface area contributed by atoms with Gasteiger partial charge in [0.25, 0.3) is 0 Å². The van der Waals surface area contributed by atoms with Gasteiger partial charge in [-0.3, -0.25) is 9.59 Å². The number of rotatable bonds is 0. The number of ketones is 2. The summed E-state index contributed by atoms with van der Waals surface area (Å²) in [7, 11) is 0. The Bertz CT molecular complexity index is 985. The van der Waals surface area contributed by atoms with E-state index in [0.29, 0.717) is 19.3 Å². The summed E-state index contributed by atoms with van der Waals surface area (Å²) in [6.45, 7) is 0. The zero-order valence-corrected chi connectivity index (χ0v) is 17.6. The predicted molar refractivity (Wildman–Crippen MR) is 109 cm³/mol. The molecular formula is C21H16BrIO3. The molecule has 0 heterocycles. The molecule has 2 aromatic rings. The van der Waals surface area contributed by atoms with Crippen LogP contribution >= 0.6 is 38.5 Å². The molecule has 3 aliphatic rings. The lowest BCUT2D eigenvalue weighted by atomic mass is 9.60. The fourth-order valence-corrected chi connectivity index (χ4v) is 6.32. The molecule has 1 N–H and O–H groups in total. The number of carbonyl (C=O) groups excluding carboxylic acids is 2. The third-order valence-electron chi connectivity index (χ3n) is 6.47. The van der Waals surface area contributed by atoms with Crippen LogP contribution in [0.4, 0.5) is 0 Å². The van der Waals surface area contributed by atoms with Crippen molar-refractivity contribution >= 4 is 50.1 Å². The van der Waals surface area contributed by atoms with Gasteiger partial charge in [0, 0.05) is 31.9 Å². The number of halogens is 2. The molecule has 0 saturated heterocycles. The second-order valence-corrected chi connectivity index (χ2v) is 9.52. The van der Waals surface area contributed by atoms with E-state index in [-0.39, 0.29) is 23.4 Å². The Balaban J connectivity index is 1.82. The van der Waals surface area contributed by atoms with Gasteiger partial charge in [0.1, 0.15) is 5.78 Å². The standard InChI is InChI=1S/C21H16BrIO3/c22-15-7-11-12(8-16(15)23)20(26)13-9-18(25)21(19(11)13)14-4-2-1-3-10(14)5-6-17(21)24/h1-4,7-8,13,18-19,25H,5-6,9H2/t13-,18-,19-,21+/m1/s1. The summed E-state index contributed by atoms with van der Waals surface area (Å²) in [5.41, 5.74) is 2.68. The number of benzene rings is 2. The lowest BCUT2D eigenvalue weighted by Crippen LogP contribution is -2.49. The molecule has 0 amide bonds. The summed E-state index contributed by atoms with van der Waals surface area (Å²) < 4.78 is 1.91. The average Bonchev–Trinajstić information content (AvgIpc) is 3.06. The quantitative estimate of drug-likeness (QED) is 0.528. The van der Waals surface area contributed by atoms with Gasteiger partial charge in [-0.2, -0.15) is 0 Å². The molecule has 3 aliphatic carbocycles. The number of hydrogen-bond donors (Lipinski definition) is 1. The Morgan fingerprint density at radius 1 is 1.15 bits per heavy atom. The van der Waals surface area contributed by atoms with Gasteiger partial charge in [-0.15, -0.1) is 0 Å². The van der Waals surface area contributed by atoms with Gasteiger partial charge >= 0.3 is 0 Å². The van der Waals surface area contributed by atoms with Crippen molar-refractivity contribution in [2.45, 2.75) is 36.7 Å². The fraction of sp³-hybridized carbons (Fsp3) is 0.333. The monoisotopic (exact) mass is 522 g/mol. The number of aliphatic hydroxyl groups excluding tert-OH is 1. The first-order valence-electron chi connectivity index (χ1n) is 8.79. The van der Waals surface area contributed by atoms with Crippen LogP contribution < -0.4 is 0 Å². The maximum Gasteiger partial charge on any atom is 0.167 e. The summed E-state index contributed by atoms with van der Waals surface area (Å²) in [6, 6.07) is 11.8. The highest BCUT2D eigenvalue weighted by Gasteiger charge is 2.65. The molecule has 5 heteroatoms. The van der Waals surface area contributed by atoms with Crippen LogP contribution in [0.25, 0.3) is 0 Å². The zero-order chi connectivity index (χ0) is 18.2. The van der Waals surface area contributed by atoms with Crippen molar-refractivity contribution in [3.05, 3.63) is 66.7 Å². The van der Waals surface area contributed by atoms with Gasteiger partial charge in [-0.05, 0) is 80.2 Å². The van der Waals surface area contributed by atoms with Crippen LogP contribution in [0, 0.1) is 9.49 Å². The predicted octanol–water partition coefficient (Wildman–Crippen LogP) is 4.17. The van der Waals surface area contributed by atoms with Crippen LogP contribution in [0.1, 0.15) is 45.8 Å². The number of Topliss-reactive ketones (excluding diaryl/α,β-unsaturated/α-hetero) is 2. The Morgan fingerprint density at radius 2 is 1.92 bits per heavy atom. The molecule has 0 bridgehead atoms. The number of aryl methyl sites for hydroxylation is 1. The minimum absolute atomic E-state index is 0.0715. The van der Waals surface area contributed by atoms with Crippen LogP contribution in [0.2, 0.25) is 0 Å². The van der Waals surface area contributed by atoms with E-state index in [1.54, 1.807) is 0 Å². The van der Waals surface area contributed by atoms with Gasteiger partial charge in [0.05, 0.1) is 11.5 Å². The molecule has 2 aromatic carbocycles. The van der Waals surface area contributed by atoms with Crippen molar-refractivity contribution in [1.82, 2.24) is 0 Å². The SMILES string of the molecule is O=C1c2cc(I)c(Br)cc2[C@@H]2[C@H]1C[C@@H](O)[C@]21C(=O)CCc2ccccc21. The molecule has 5 rings (SSSR count). The van der Waals surface area contributed by atoms with Crippen molar-refractivity contribution in [3.8, 4) is 0 Å². The molecule has 1 saturated carbocycles. The second-order valence-electron chi connectivity index (χ2n) is 7.50. The molecule has 0 aromatic heterocycles. The minimum Gasteiger partial charge on any atom is -0.392 e. The number of fused-ring (bicyclic) bond motifs is 6. The highest BCUT2D eigenvalue weighted by atomic mass is 127. The number of carbonyl (C=O) groups is 2. The van der Waals surface area contributed by atoms with Crippen molar-refractivity contribution < 1.29 is 14.7 Å². The number of hydrogen-bond acceptors (Lipinski definition) is 3. The molecule has 1 spiro atoms. The van der Waals surface area contributed by atoms with E-state index < -0.39 is 11.5 Å². The first kappa shape index (κ1) is 17.1. The highest BCUT2D eigenvalue weighted by molar-refractivity contribution is 14.1. The van der Waals surface area contributed by atoms with E-state index in [0.717, 1.165) is 30.3 Å². The Labute approximate surface area is 173 Å². The first-order chi connectivity index (χ1) is 12.5. The largest absolute Gasteiger partial charge is 0.392 e. The fourth-order valence-electron chi connectivity index (χ4n) is 5.49. The summed E-state index contributed by atoms with van der Waals surface area (Å²) in [5, 5.41) is 11.1. The molecule has 1 fully saturated rings. The minimum atomic E-state index is -0.993. The van der Waals surface area contributed by atoms with E-state index in [4.69, 9.17) is 0 Å². The Kier molecular flexibility index (Phi) is 3.76. The lowest BCUT2D eigenvalue weighted by molar-refractivity contribution is -0.129. The van der Waals surface area contributed by atoms with Crippen LogP contribution in [0.3, 0.4) is 0 Å². The van der Waals surface area contributed by atoms with Crippen molar-refractivity contribution in [2.24, 2.45) is 5.92 Å². The van der Waals surface area contributed by atoms with Crippen LogP contribution in [0.5, 0.6) is 0 Å². The van der Waals surface area contributed by atoms with Gasteiger partial charge in [-0.1, -0.05) is 24.3 Å². The molecule has 0 unspecified atom stereocenters. The third kappa shape index (κ3) is 1.97. The highest BCUT2D eigenvalue weighted by Crippen LogP contribution is 2.61. The van der Waals surface area contributed by atoms with Crippen molar-refractivity contribution in [1.29, 1.82) is 0 Å². The number of aliphatic hydroxyl groups is 1. The maximum atomic E-state index is 13.3. The van der Waals surface area contributed by atoms with Gasteiger partial charge in [-0.25, -0.2) is 0 Å². The molecule has 0 radical (unpaired) electrons. The lowest BCUT2D eigenvalue weighted by Gasteiger charge is -2.41. The van der Waals surface area contributed by atoms with Crippen LogP contribution in [0.15, 0.2) is 40.9 Å². The van der Waals surface area contributed by atoms with Crippen molar-refractivity contribution in [3.63, 3.8) is 0 Å². The molecule has 4 atom stereocenters. The smallest absolute Gasteiger partial charge is 0.167 e. The average molecular weight is 523 g/mol. The van der Waals surface area contributed by atoms with E-state index in [9.17, 15) is 14.7 Å². The maximum absolute atomic E-state index is 13.3. The summed E-state index contributed by atoms with van der Waals surface area (Å²) >= 11 is 5.78. The molecule has 3 nitrogen and oxygen atoms in total. The molecule has 132 valence electrons. The second kappa shape index (κ2) is 5.72. The Morgan fingerprint density at radius 3 is 2.73 bits per heavy atom. The van der Waals surface area contributed by atoms with E-state index in [1.807, 2.05) is 36.4 Å². The third-order valence-corrected chi connectivity index (χ3v) is 8.76. The molecule has 26 heavy (non-hydrogen) atoms. The van der Waals surface area contributed by atoms with Gasteiger partial charge < -0.3 is 5.11 Å². The normalized spacial score (nSPS) is 31.9.